The first-order chi connectivity index (χ1) is 9.61. The molecule has 0 aromatic heterocycles. The van der Waals surface area contributed by atoms with Crippen LogP contribution in [0.3, 0.4) is 0 Å². The highest BCUT2D eigenvalue weighted by molar-refractivity contribution is 6.25. The molecule has 1 amide bonds. The fraction of sp³-hybridized carbons (Fsp3) is 0.286. The van der Waals surface area contributed by atoms with E-state index in [4.69, 9.17) is 0 Å². The molecule has 2 N–H and O–H groups in total. The van der Waals surface area contributed by atoms with Crippen molar-refractivity contribution >= 4 is 17.3 Å². The van der Waals surface area contributed by atoms with Crippen LogP contribution in [0.15, 0.2) is 35.0 Å². The Bertz CT molecular complexity index is 583. The number of amides is 1. The van der Waals surface area contributed by atoms with Gasteiger partial charge in [0.1, 0.15) is 11.6 Å². The van der Waals surface area contributed by atoms with E-state index in [2.05, 4.69) is 10.3 Å². The summed E-state index contributed by atoms with van der Waals surface area (Å²) in [6.07, 6.45) is 3.03. The fourth-order valence-electron chi connectivity index (χ4n) is 1.96. The summed E-state index contributed by atoms with van der Waals surface area (Å²) in [7, 11) is 0. The lowest BCUT2D eigenvalue weighted by atomic mass is 10.0. The largest absolute Gasteiger partial charge is 0.515 e. The van der Waals surface area contributed by atoms with Crippen LogP contribution in [-0.2, 0) is 4.79 Å². The van der Waals surface area contributed by atoms with Gasteiger partial charge in [-0.1, -0.05) is 0 Å². The molecule has 0 radical (unpaired) electrons. The zero-order valence-electron chi connectivity index (χ0n) is 10.7. The summed E-state index contributed by atoms with van der Waals surface area (Å²) in [6.45, 7) is 0.592. The molecule has 0 fully saturated rings. The van der Waals surface area contributed by atoms with E-state index in [0.717, 1.165) is 31.0 Å². The molecule has 0 saturated carbocycles. The van der Waals surface area contributed by atoms with E-state index in [1.54, 1.807) is 0 Å². The molecule has 0 bridgehead atoms. The van der Waals surface area contributed by atoms with Crippen LogP contribution >= 0.6 is 0 Å². The maximum Gasteiger partial charge on any atom is 0.260 e. The van der Waals surface area contributed by atoms with Gasteiger partial charge in [-0.3, -0.25) is 9.79 Å². The number of halogens is 2. The Balaban J connectivity index is 2.18. The molecule has 0 unspecified atom stereocenters. The van der Waals surface area contributed by atoms with Gasteiger partial charge in [-0.05, 0) is 31.4 Å². The molecule has 0 saturated heterocycles. The Morgan fingerprint density at radius 1 is 1.35 bits per heavy atom. The monoisotopic (exact) mass is 280 g/mol. The molecule has 2 rings (SSSR count). The molecule has 1 aliphatic rings. The molecular formula is C14H14F2N2O2. The van der Waals surface area contributed by atoms with E-state index in [9.17, 15) is 18.7 Å². The van der Waals surface area contributed by atoms with Crippen LogP contribution in [0.1, 0.15) is 19.3 Å². The van der Waals surface area contributed by atoms with Crippen molar-refractivity contribution in [1.82, 2.24) is 0 Å². The Kier molecular flexibility index (Phi) is 4.45. The summed E-state index contributed by atoms with van der Waals surface area (Å²) >= 11 is 0. The number of anilines is 1. The Labute approximate surface area is 114 Å². The first-order valence-corrected chi connectivity index (χ1v) is 6.26. The Morgan fingerprint density at radius 2 is 2.15 bits per heavy atom. The minimum absolute atomic E-state index is 0.0200. The average molecular weight is 280 g/mol. The van der Waals surface area contributed by atoms with Crippen molar-refractivity contribution in [3.05, 3.63) is 41.7 Å². The topological polar surface area (TPSA) is 61.7 Å². The first-order valence-electron chi connectivity index (χ1n) is 6.26. The van der Waals surface area contributed by atoms with E-state index in [1.807, 2.05) is 0 Å². The van der Waals surface area contributed by atoms with Crippen LogP contribution in [0, 0.1) is 11.6 Å². The number of nitrogens with zero attached hydrogens (tertiary/aromatic N) is 1. The number of nitrogens with one attached hydrogen (secondary N) is 1. The highest BCUT2D eigenvalue weighted by Gasteiger charge is 2.19. The third-order valence-electron chi connectivity index (χ3n) is 2.99. The van der Waals surface area contributed by atoms with Crippen molar-refractivity contribution in [2.75, 3.05) is 11.9 Å². The third-order valence-corrected chi connectivity index (χ3v) is 2.99. The molecule has 1 heterocycles. The molecule has 20 heavy (non-hydrogen) atoms. The van der Waals surface area contributed by atoms with Crippen molar-refractivity contribution in [2.24, 2.45) is 4.99 Å². The van der Waals surface area contributed by atoms with E-state index < -0.39 is 17.5 Å². The lowest BCUT2D eigenvalue weighted by molar-refractivity contribution is -0.112. The van der Waals surface area contributed by atoms with Gasteiger partial charge in [-0.2, -0.15) is 0 Å². The first kappa shape index (κ1) is 14.2. The minimum atomic E-state index is -0.748. The van der Waals surface area contributed by atoms with Crippen molar-refractivity contribution in [1.29, 1.82) is 0 Å². The summed E-state index contributed by atoms with van der Waals surface area (Å²) in [5.74, 6) is -2.12. The summed E-state index contributed by atoms with van der Waals surface area (Å²) in [6, 6.07) is 2.76. The number of hydrogen-bond acceptors (Lipinski definition) is 3. The number of carbonyl (C=O) groups is 1. The third kappa shape index (κ3) is 3.20. The Morgan fingerprint density at radius 3 is 2.80 bits per heavy atom. The highest BCUT2D eigenvalue weighted by Crippen LogP contribution is 2.18. The smallest absolute Gasteiger partial charge is 0.260 e. The molecule has 1 aromatic carbocycles. The molecule has 106 valence electrons. The summed E-state index contributed by atoms with van der Waals surface area (Å²) in [5, 5.41) is 11.4. The molecule has 1 aliphatic heterocycles. The predicted molar refractivity (Wildman–Crippen MR) is 71.9 cm³/mol. The van der Waals surface area contributed by atoms with Gasteiger partial charge < -0.3 is 10.4 Å². The van der Waals surface area contributed by atoms with Crippen LogP contribution in [0.4, 0.5) is 14.5 Å². The van der Waals surface area contributed by atoms with Crippen LogP contribution in [0.25, 0.3) is 0 Å². The molecule has 0 atom stereocenters. The van der Waals surface area contributed by atoms with Crippen LogP contribution in [-0.4, -0.2) is 23.3 Å². The zero-order valence-corrected chi connectivity index (χ0v) is 10.7. The van der Waals surface area contributed by atoms with Crippen molar-refractivity contribution < 1.29 is 18.7 Å². The number of aliphatic hydroxyl groups excluding tert-OH is 1. The molecule has 0 spiro atoms. The number of hydrogen-bond donors (Lipinski definition) is 2. The SMILES string of the molecule is O=C(Nc1cc(F)ccc1F)C(=CO)C1=NCCCC1. The van der Waals surface area contributed by atoms with Gasteiger partial charge in [0, 0.05) is 12.6 Å². The number of aliphatic imine (C=N–C) groups is 1. The summed E-state index contributed by atoms with van der Waals surface area (Å²) < 4.78 is 26.5. The summed E-state index contributed by atoms with van der Waals surface area (Å²) in [4.78, 5) is 16.2. The number of aliphatic hydroxyl groups is 1. The zero-order chi connectivity index (χ0) is 14.5. The average Bonchev–Trinajstić information content (AvgIpc) is 2.45. The molecule has 4 nitrogen and oxygen atoms in total. The van der Waals surface area contributed by atoms with E-state index in [-0.39, 0.29) is 11.3 Å². The van der Waals surface area contributed by atoms with Gasteiger partial charge in [-0.15, -0.1) is 0 Å². The van der Waals surface area contributed by atoms with Crippen LogP contribution < -0.4 is 5.32 Å². The Hall–Kier alpha value is -2.24. The second-order valence-electron chi connectivity index (χ2n) is 4.41. The maximum atomic E-state index is 13.4. The highest BCUT2D eigenvalue weighted by atomic mass is 19.1. The van der Waals surface area contributed by atoms with E-state index in [1.165, 1.54) is 0 Å². The van der Waals surface area contributed by atoms with Gasteiger partial charge in [0.05, 0.1) is 23.2 Å². The van der Waals surface area contributed by atoms with Crippen molar-refractivity contribution in [2.45, 2.75) is 19.3 Å². The van der Waals surface area contributed by atoms with Crippen molar-refractivity contribution in [3.8, 4) is 0 Å². The van der Waals surface area contributed by atoms with Gasteiger partial charge >= 0.3 is 0 Å². The molecule has 6 heteroatoms. The lowest BCUT2D eigenvalue weighted by Crippen LogP contribution is -2.23. The van der Waals surface area contributed by atoms with Gasteiger partial charge in [0.2, 0.25) is 0 Å². The van der Waals surface area contributed by atoms with Gasteiger partial charge in [0.15, 0.2) is 0 Å². The quantitative estimate of drug-likeness (QED) is 0.660. The summed E-state index contributed by atoms with van der Waals surface area (Å²) in [5.41, 5.74) is 0.187. The molecule has 0 aliphatic carbocycles. The van der Waals surface area contributed by atoms with Crippen LogP contribution in [0.5, 0.6) is 0 Å². The maximum absolute atomic E-state index is 13.4. The van der Waals surface area contributed by atoms with Crippen molar-refractivity contribution in [3.63, 3.8) is 0 Å². The normalized spacial score (nSPS) is 15.7. The second kappa shape index (κ2) is 6.27. The second-order valence-corrected chi connectivity index (χ2v) is 4.41. The van der Waals surface area contributed by atoms with Gasteiger partial charge in [-0.25, -0.2) is 8.78 Å². The predicted octanol–water partition coefficient (Wildman–Crippen LogP) is 2.97. The number of rotatable bonds is 3. The standard InChI is InChI=1S/C14H14F2N2O2/c15-9-4-5-11(16)13(7-9)18-14(20)10(8-19)12-3-1-2-6-17-12/h4-5,7-8,19H,1-3,6H2,(H,18,20). The number of benzene rings is 1. The fourth-order valence-corrected chi connectivity index (χ4v) is 1.96. The number of carbonyl (C=O) groups excluding carboxylic acids is 1. The van der Waals surface area contributed by atoms with E-state index >= 15 is 0 Å². The molecular weight excluding hydrogens is 266 g/mol. The van der Waals surface area contributed by atoms with Gasteiger partial charge in [0.25, 0.3) is 5.91 Å². The van der Waals surface area contributed by atoms with Crippen LogP contribution in [0.2, 0.25) is 0 Å². The lowest BCUT2D eigenvalue weighted by Gasteiger charge is -2.14. The minimum Gasteiger partial charge on any atom is -0.515 e. The molecule has 1 aromatic rings. The van der Waals surface area contributed by atoms with E-state index in [0.29, 0.717) is 24.9 Å².